The highest BCUT2D eigenvalue weighted by Gasteiger charge is 2.20. The third-order valence-corrected chi connectivity index (χ3v) is 3.49. The number of hydrogen-bond donors (Lipinski definition) is 2. The molecule has 1 aliphatic rings. The van der Waals surface area contributed by atoms with Crippen LogP contribution in [0.4, 0.5) is 0 Å². The number of aromatic amines is 1. The van der Waals surface area contributed by atoms with Crippen LogP contribution in [0.1, 0.15) is 69.4 Å². The fourth-order valence-corrected chi connectivity index (χ4v) is 2.60. The highest BCUT2D eigenvalue weighted by atomic mass is 15.0. The summed E-state index contributed by atoms with van der Waals surface area (Å²) in [5.74, 6) is 2.29. The molecule has 1 saturated carbocycles. The topological polar surface area (TPSA) is 54.7 Å². The van der Waals surface area contributed by atoms with Gasteiger partial charge in [0.25, 0.3) is 0 Å². The van der Waals surface area contributed by atoms with Crippen molar-refractivity contribution in [3.8, 4) is 0 Å². The maximum absolute atomic E-state index is 6.11. The van der Waals surface area contributed by atoms with Gasteiger partial charge in [-0.25, -0.2) is 4.98 Å². The van der Waals surface area contributed by atoms with Crippen LogP contribution in [0.25, 0.3) is 0 Å². The zero-order chi connectivity index (χ0) is 11.5. The van der Waals surface area contributed by atoms with E-state index in [-0.39, 0.29) is 6.04 Å². The van der Waals surface area contributed by atoms with Gasteiger partial charge in [0.15, 0.2) is 0 Å². The van der Waals surface area contributed by atoms with E-state index in [9.17, 15) is 0 Å². The van der Waals surface area contributed by atoms with Gasteiger partial charge >= 0.3 is 0 Å². The van der Waals surface area contributed by atoms with E-state index in [4.69, 9.17) is 5.73 Å². The summed E-state index contributed by atoms with van der Waals surface area (Å²) in [4.78, 5) is 7.86. The highest BCUT2D eigenvalue weighted by molar-refractivity contribution is 5.11. The zero-order valence-corrected chi connectivity index (χ0v) is 10.4. The molecule has 1 aromatic heterocycles. The minimum absolute atomic E-state index is 0.0650. The SMILES string of the molecule is CC(C)CC(N)c1ncc(C2CCCC2)[nH]1. The third kappa shape index (κ3) is 2.64. The van der Waals surface area contributed by atoms with Crippen LogP contribution in [-0.4, -0.2) is 9.97 Å². The molecule has 0 radical (unpaired) electrons. The summed E-state index contributed by atoms with van der Waals surface area (Å²) >= 11 is 0. The van der Waals surface area contributed by atoms with Crippen LogP contribution in [0.5, 0.6) is 0 Å². The van der Waals surface area contributed by atoms with E-state index in [1.807, 2.05) is 6.20 Å². The normalized spacial score (nSPS) is 19.5. The Morgan fingerprint density at radius 3 is 2.75 bits per heavy atom. The van der Waals surface area contributed by atoms with Gasteiger partial charge in [-0.05, 0) is 25.2 Å². The second-order valence-corrected chi connectivity index (χ2v) is 5.44. The highest BCUT2D eigenvalue weighted by Crippen LogP contribution is 2.33. The number of aromatic nitrogens is 2. The van der Waals surface area contributed by atoms with Crippen molar-refractivity contribution in [3.05, 3.63) is 17.7 Å². The summed E-state index contributed by atoms with van der Waals surface area (Å²) in [5, 5.41) is 0. The van der Waals surface area contributed by atoms with E-state index in [2.05, 4.69) is 23.8 Å². The van der Waals surface area contributed by atoms with Crippen molar-refractivity contribution in [2.45, 2.75) is 57.9 Å². The van der Waals surface area contributed by atoms with Crippen LogP contribution in [0.2, 0.25) is 0 Å². The number of H-pyrrole nitrogens is 1. The fraction of sp³-hybridized carbons (Fsp3) is 0.769. The number of rotatable bonds is 4. The lowest BCUT2D eigenvalue weighted by Crippen LogP contribution is -2.14. The van der Waals surface area contributed by atoms with Gasteiger partial charge in [-0.3, -0.25) is 0 Å². The van der Waals surface area contributed by atoms with Crippen molar-refractivity contribution in [2.24, 2.45) is 11.7 Å². The maximum atomic E-state index is 6.11. The average Bonchev–Trinajstić information content (AvgIpc) is 2.87. The predicted molar refractivity (Wildman–Crippen MR) is 66.2 cm³/mol. The molecular formula is C13H23N3. The van der Waals surface area contributed by atoms with Crippen molar-refractivity contribution in [2.75, 3.05) is 0 Å². The smallest absolute Gasteiger partial charge is 0.123 e. The Morgan fingerprint density at radius 2 is 2.12 bits per heavy atom. The first-order valence-electron chi connectivity index (χ1n) is 6.47. The molecule has 90 valence electrons. The third-order valence-electron chi connectivity index (χ3n) is 3.49. The van der Waals surface area contributed by atoms with E-state index >= 15 is 0 Å². The summed E-state index contributed by atoms with van der Waals surface area (Å²) in [7, 11) is 0. The van der Waals surface area contributed by atoms with E-state index in [0.717, 1.165) is 12.2 Å². The van der Waals surface area contributed by atoms with Gasteiger partial charge in [0.1, 0.15) is 5.82 Å². The standard InChI is InChI=1S/C13H23N3/c1-9(2)7-11(14)13-15-8-12(16-13)10-5-3-4-6-10/h8-11H,3-7,14H2,1-2H3,(H,15,16). The van der Waals surface area contributed by atoms with Gasteiger partial charge in [0.05, 0.1) is 6.04 Å². The zero-order valence-electron chi connectivity index (χ0n) is 10.4. The molecule has 0 spiro atoms. The van der Waals surface area contributed by atoms with Crippen LogP contribution >= 0.6 is 0 Å². The van der Waals surface area contributed by atoms with Crippen LogP contribution < -0.4 is 5.73 Å². The minimum atomic E-state index is 0.0650. The second-order valence-electron chi connectivity index (χ2n) is 5.44. The lowest BCUT2D eigenvalue weighted by atomic mass is 10.0. The van der Waals surface area contributed by atoms with Gasteiger partial charge in [-0.1, -0.05) is 26.7 Å². The monoisotopic (exact) mass is 221 g/mol. The Labute approximate surface area is 97.8 Å². The largest absolute Gasteiger partial charge is 0.344 e. The van der Waals surface area contributed by atoms with Crippen LogP contribution in [-0.2, 0) is 0 Å². The molecule has 16 heavy (non-hydrogen) atoms. The molecule has 3 N–H and O–H groups in total. The van der Waals surface area contributed by atoms with E-state index in [0.29, 0.717) is 11.8 Å². The Hall–Kier alpha value is -0.830. The van der Waals surface area contributed by atoms with Crippen LogP contribution in [0.3, 0.4) is 0 Å². The van der Waals surface area contributed by atoms with Gasteiger partial charge < -0.3 is 10.7 Å². The molecule has 0 saturated heterocycles. The molecule has 1 aromatic rings. The quantitative estimate of drug-likeness (QED) is 0.820. The van der Waals surface area contributed by atoms with Crippen molar-refractivity contribution in [1.82, 2.24) is 9.97 Å². The molecule has 3 heteroatoms. The van der Waals surface area contributed by atoms with Gasteiger partial charge in [0.2, 0.25) is 0 Å². The van der Waals surface area contributed by atoms with E-state index in [1.54, 1.807) is 0 Å². The minimum Gasteiger partial charge on any atom is -0.344 e. The molecule has 1 unspecified atom stereocenters. The fourth-order valence-electron chi connectivity index (χ4n) is 2.60. The van der Waals surface area contributed by atoms with Crippen LogP contribution in [0, 0.1) is 5.92 Å². The summed E-state index contributed by atoms with van der Waals surface area (Å²) in [6.45, 7) is 4.39. The Kier molecular flexibility index (Phi) is 3.64. The van der Waals surface area contributed by atoms with Gasteiger partial charge in [-0.2, -0.15) is 0 Å². The summed E-state index contributed by atoms with van der Waals surface area (Å²) in [6, 6.07) is 0.0650. The molecule has 1 aliphatic carbocycles. The molecule has 2 rings (SSSR count). The lowest BCUT2D eigenvalue weighted by Gasteiger charge is -2.11. The van der Waals surface area contributed by atoms with E-state index < -0.39 is 0 Å². The van der Waals surface area contributed by atoms with E-state index in [1.165, 1.54) is 31.4 Å². The van der Waals surface area contributed by atoms with Crippen molar-refractivity contribution in [1.29, 1.82) is 0 Å². The second kappa shape index (κ2) is 5.00. The molecular weight excluding hydrogens is 198 g/mol. The summed E-state index contributed by atoms with van der Waals surface area (Å²) < 4.78 is 0. The molecule has 0 aliphatic heterocycles. The van der Waals surface area contributed by atoms with Crippen molar-refractivity contribution < 1.29 is 0 Å². The van der Waals surface area contributed by atoms with Crippen LogP contribution in [0.15, 0.2) is 6.20 Å². The molecule has 1 atom stereocenters. The van der Waals surface area contributed by atoms with Crippen molar-refractivity contribution >= 4 is 0 Å². The molecule has 0 aromatic carbocycles. The molecule has 0 bridgehead atoms. The number of nitrogens with two attached hydrogens (primary N) is 1. The molecule has 1 fully saturated rings. The molecule has 1 heterocycles. The predicted octanol–water partition coefficient (Wildman–Crippen LogP) is 3.11. The number of nitrogens with one attached hydrogen (secondary N) is 1. The Bertz CT molecular complexity index is 324. The summed E-state index contributed by atoms with van der Waals surface area (Å²) in [6.07, 6.45) is 8.32. The Morgan fingerprint density at radius 1 is 1.44 bits per heavy atom. The first-order chi connectivity index (χ1) is 7.66. The van der Waals surface area contributed by atoms with Gasteiger partial charge in [-0.15, -0.1) is 0 Å². The molecule has 0 amide bonds. The number of hydrogen-bond acceptors (Lipinski definition) is 2. The lowest BCUT2D eigenvalue weighted by molar-refractivity contribution is 0.494. The molecule has 3 nitrogen and oxygen atoms in total. The first-order valence-corrected chi connectivity index (χ1v) is 6.47. The average molecular weight is 221 g/mol. The first kappa shape index (κ1) is 11.6. The summed E-state index contributed by atoms with van der Waals surface area (Å²) in [5.41, 5.74) is 7.41. The van der Waals surface area contributed by atoms with Crippen molar-refractivity contribution in [3.63, 3.8) is 0 Å². The number of nitrogens with zero attached hydrogens (tertiary/aromatic N) is 1. The van der Waals surface area contributed by atoms with Gasteiger partial charge in [0, 0.05) is 17.8 Å². The number of imidazole rings is 1. The maximum Gasteiger partial charge on any atom is 0.123 e. The Balaban J connectivity index is 2.00.